The molecule has 1 fully saturated rings. The molecule has 2 aliphatic rings. The summed E-state index contributed by atoms with van der Waals surface area (Å²) in [6.07, 6.45) is 6.73. The van der Waals surface area contributed by atoms with Gasteiger partial charge in [-0.25, -0.2) is 4.79 Å². The van der Waals surface area contributed by atoms with Crippen molar-refractivity contribution in [3.63, 3.8) is 0 Å². The van der Waals surface area contributed by atoms with Crippen LogP contribution in [0, 0.1) is 5.92 Å². The molecule has 20 heavy (non-hydrogen) atoms. The van der Waals surface area contributed by atoms with Gasteiger partial charge in [0.25, 0.3) is 0 Å². The molecule has 0 aromatic carbocycles. The van der Waals surface area contributed by atoms with Crippen LogP contribution < -0.4 is 10.6 Å². The van der Waals surface area contributed by atoms with Gasteiger partial charge in [-0.2, -0.15) is 0 Å². The summed E-state index contributed by atoms with van der Waals surface area (Å²) >= 11 is 0. The standard InChI is InChI=1S/C14H20N2O4/c17-13(11-1-5-15-6-2-11)19-9-10-20-14(18)12-3-7-16-8-4-12/h1-2,5,12,15-16H,3-4,6-10H2. The highest BCUT2D eigenvalue weighted by molar-refractivity contribution is 5.91. The number of hydrogen-bond acceptors (Lipinski definition) is 6. The van der Waals surface area contributed by atoms with E-state index in [9.17, 15) is 9.59 Å². The summed E-state index contributed by atoms with van der Waals surface area (Å²) in [5.74, 6) is -0.605. The monoisotopic (exact) mass is 280 g/mol. The number of carbonyl (C=O) groups excluding carboxylic acids is 2. The third-order valence-corrected chi connectivity index (χ3v) is 3.29. The minimum absolute atomic E-state index is 0.0259. The first kappa shape index (κ1) is 14.6. The zero-order valence-corrected chi connectivity index (χ0v) is 11.4. The first-order valence-electron chi connectivity index (χ1n) is 6.92. The Kier molecular flexibility index (Phi) is 5.61. The van der Waals surface area contributed by atoms with Crippen LogP contribution in [0.3, 0.4) is 0 Å². The Bertz CT molecular complexity index is 411. The number of ether oxygens (including phenoxy) is 2. The van der Waals surface area contributed by atoms with Crippen LogP contribution >= 0.6 is 0 Å². The predicted molar refractivity (Wildman–Crippen MR) is 72.7 cm³/mol. The fourth-order valence-electron chi connectivity index (χ4n) is 2.14. The highest BCUT2D eigenvalue weighted by Crippen LogP contribution is 2.13. The average molecular weight is 280 g/mol. The van der Waals surface area contributed by atoms with E-state index in [4.69, 9.17) is 9.47 Å². The van der Waals surface area contributed by atoms with Gasteiger partial charge in [-0.15, -0.1) is 0 Å². The molecule has 6 nitrogen and oxygen atoms in total. The Morgan fingerprint density at radius 1 is 1.20 bits per heavy atom. The van der Waals surface area contributed by atoms with Crippen molar-refractivity contribution in [2.75, 3.05) is 32.8 Å². The maximum absolute atomic E-state index is 11.7. The second-order valence-corrected chi connectivity index (χ2v) is 4.73. The molecule has 2 rings (SSSR count). The average Bonchev–Trinajstić information content (AvgIpc) is 2.53. The van der Waals surface area contributed by atoms with Gasteiger partial charge in [-0.3, -0.25) is 4.79 Å². The third kappa shape index (κ3) is 4.38. The topological polar surface area (TPSA) is 76.7 Å². The molecule has 0 aliphatic carbocycles. The zero-order valence-electron chi connectivity index (χ0n) is 11.4. The number of dihydropyridines is 1. The van der Waals surface area contributed by atoms with Gasteiger partial charge in [0.2, 0.25) is 0 Å². The fourth-order valence-corrected chi connectivity index (χ4v) is 2.14. The normalized spacial score (nSPS) is 18.9. The highest BCUT2D eigenvalue weighted by Gasteiger charge is 2.22. The molecule has 0 saturated carbocycles. The van der Waals surface area contributed by atoms with Crippen molar-refractivity contribution in [2.24, 2.45) is 5.92 Å². The van der Waals surface area contributed by atoms with Gasteiger partial charge in [0.1, 0.15) is 13.2 Å². The molecule has 0 radical (unpaired) electrons. The van der Waals surface area contributed by atoms with Crippen LogP contribution in [0.2, 0.25) is 0 Å². The lowest BCUT2D eigenvalue weighted by Crippen LogP contribution is -2.33. The molecule has 1 saturated heterocycles. The third-order valence-electron chi connectivity index (χ3n) is 3.29. The van der Waals surface area contributed by atoms with E-state index >= 15 is 0 Å². The molecule has 6 heteroatoms. The molecule has 0 spiro atoms. The van der Waals surface area contributed by atoms with Gasteiger partial charge >= 0.3 is 11.9 Å². The number of carbonyl (C=O) groups is 2. The first-order chi connectivity index (χ1) is 9.77. The van der Waals surface area contributed by atoms with Crippen LogP contribution in [0.5, 0.6) is 0 Å². The molecular weight excluding hydrogens is 260 g/mol. The van der Waals surface area contributed by atoms with Crippen molar-refractivity contribution in [3.8, 4) is 0 Å². The maximum Gasteiger partial charge on any atom is 0.338 e. The second kappa shape index (κ2) is 7.69. The molecular formula is C14H20N2O4. The van der Waals surface area contributed by atoms with E-state index in [1.165, 1.54) is 0 Å². The van der Waals surface area contributed by atoms with E-state index in [1.807, 2.05) is 0 Å². The Hall–Kier alpha value is -1.82. The number of esters is 2. The lowest BCUT2D eigenvalue weighted by molar-refractivity contribution is -0.154. The van der Waals surface area contributed by atoms with Gasteiger partial charge in [-0.1, -0.05) is 6.08 Å². The van der Waals surface area contributed by atoms with E-state index in [0.717, 1.165) is 25.9 Å². The van der Waals surface area contributed by atoms with Crippen molar-refractivity contribution in [1.82, 2.24) is 10.6 Å². The summed E-state index contributed by atoms with van der Waals surface area (Å²) in [5.41, 5.74) is 0.522. The molecule has 2 aliphatic heterocycles. The second-order valence-electron chi connectivity index (χ2n) is 4.73. The lowest BCUT2D eigenvalue weighted by atomic mass is 9.99. The largest absolute Gasteiger partial charge is 0.462 e. The molecule has 0 amide bonds. The van der Waals surface area contributed by atoms with Crippen molar-refractivity contribution in [2.45, 2.75) is 12.8 Å². The summed E-state index contributed by atoms with van der Waals surface area (Å²) in [5, 5.41) is 6.14. The van der Waals surface area contributed by atoms with E-state index < -0.39 is 0 Å². The first-order valence-corrected chi connectivity index (χ1v) is 6.92. The van der Waals surface area contributed by atoms with Crippen LogP contribution in [-0.2, 0) is 19.1 Å². The van der Waals surface area contributed by atoms with Gasteiger partial charge in [0.15, 0.2) is 0 Å². The van der Waals surface area contributed by atoms with Crippen molar-refractivity contribution < 1.29 is 19.1 Å². The molecule has 0 atom stereocenters. The van der Waals surface area contributed by atoms with Crippen LogP contribution in [0.25, 0.3) is 0 Å². The summed E-state index contributed by atoms with van der Waals surface area (Å²) in [7, 11) is 0. The Balaban J connectivity index is 1.61. The molecule has 0 bridgehead atoms. The Labute approximate surface area is 118 Å². The van der Waals surface area contributed by atoms with Crippen molar-refractivity contribution in [1.29, 1.82) is 0 Å². The molecule has 110 valence electrons. The minimum Gasteiger partial charge on any atom is -0.462 e. The van der Waals surface area contributed by atoms with E-state index in [0.29, 0.717) is 12.1 Å². The zero-order chi connectivity index (χ0) is 14.2. The van der Waals surface area contributed by atoms with E-state index in [1.54, 1.807) is 18.4 Å². The molecule has 2 N–H and O–H groups in total. The van der Waals surface area contributed by atoms with Gasteiger partial charge in [0.05, 0.1) is 11.5 Å². The van der Waals surface area contributed by atoms with Crippen molar-refractivity contribution in [3.05, 3.63) is 23.9 Å². The van der Waals surface area contributed by atoms with Crippen LogP contribution in [-0.4, -0.2) is 44.8 Å². The summed E-state index contributed by atoms with van der Waals surface area (Å²) in [4.78, 5) is 23.3. The quantitative estimate of drug-likeness (QED) is 0.550. The van der Waals surface area contributed by atoms with E-state index in [-0.39, 0.29) is 31.1 Å². The molecule has 0 aromatic heterocycles. The van der Waals surface area contributed by atoms with Crippen LogP contribution in [0.4, 0.5) is 0 Å². The summed E-state index contributed by atoms with van der Waals surface area (Å²) in [6.45, 7) is 2.52. The summed E-state index contributed by atoms with van der Waals surface area (Å²) < 4.78 is 10.2. The summed E-state index contributed by atoms with van der Waals surface area (Å²) in [6, 6.07) is 0. The Morgan fingerprint density at radius 2 is 1.95 bits per heavy atom. The van der Waals surface area contributed by atoms with Crippen LogP contribution in [0.1, 0.15) is 12.8 Å². The maximum atomic E-state index is 11.7. The van der Waals surface area contributed by atoms with Gasteiger partial charge in [-0.05, 0) is 38.2 Å². The van der Waals surface area contributed by atoms with Crippen LogP contribution in [0.15, 0.2) is 23.9 Å². The van der Waals surface area contributed by atoms with Gasteiger partial charge in [0, 0.05) is 6.54 Å². The SMILES string of the molecule is O=C(OCCOC(=O)C1CCNCC1)C1=CCNC=C1. The van der Waals surface area contributed by atoms with E-state index in [2.05, 4.69) is 10.6 Å². The number of hydrogen-bond donors (Lipinski definition) is 2. The van der Waals surface area contributed by atoms with Crippen molar-refractivity contribution >= 4 is 11.9 Å². The molecule has 0 unspecified atom stereocenters. The number of nitrogens with one attached hydrogen (secondary N) is 2. The fraction of sp³-hybridized carbons (Fsp3) is 0.571. The lowest BCUT2D eigenvalue weighted by Gasteiger charge is -2.20. The predicted octanol–water partition coefficient (Wildman–Crippen LogP) is 0.116. The molecule has 2 heterocycles. The molecule has 0 aromatic rings. The number of rotatable bonds is 5. The smallest absolute Gasteiger partial charge is 0.338 e. The van der Waals surface area contributed by atoms with Gasteiger partial charge < -0.3 is 20.1 Å². The number of piperidine rings is 1. The minimum atomic E-state index is -0.388. The Morgan fingerprint density at radius 3 is 2.65 bits per heavy atom. The highest BCUT2D eigenvalue weighted by atomic mass is 16.6.